The van der Waals surface area contributed by atoms with Crippen molar-refractivity contribution in [2.75, 3.05) is 6.61 Å². The zero-order valence-corrected chi connectivity index (χ0v) is 8.99. The van der Waals surface area contributed by atoms with E-state index in [1.165, 1.54) is 0 Å². The summed E-state index contributed by atoms with van der Waals surface area (Å²) in [5.74, 6) is 1.39. The van der Waals surface area contributed by atoms with Crippen LogP contribution in [0.15, 0.2) is 29.3 Å². The third-order valence-electron chi connectivity index (χ3n) is 2.09. The van der Waals surface area contributed by atoms with Gasteiger partial charge in [0.1, 0.15) is 11.6 Å². The van der Waals surface area contributed by atoms with Crippen molar-refractivity contribution in [3.05, 3.63) is 24.3 Å². The van der Waals surface area contributed by atoms with Gasteiger partial charge in [-0.3, -0.25) is 15.6 Å². The number of carbonyl (C=O) groups is 1. The van der Waals surface area contributed by atoms with Crippen LogP contribution >= 0.6 is 0 Å². The molecule has 0 saturated carbocycles. The first-order chi connectivity index (χ1) is 7.78. The zero-order chi connectivity index (χ0) is 11.4. The second-order valence-corrected chi connectivity index (χ2v) is 3.34. The lowest BCUT2D eigenvalue weighted by Gasteiger charge is -2.02. The topological polar surface area (TPSA) is 62.7 Å². The molecule has 0 spiro atoms. The Balaban J connectivity index is 2.07. The van der Waals surface area contributed by atoms with Gasteiger partial charge in [0.15, 0.2) is 0 Å². The van der Waals surface area contributed by atoms with E-state index in [2.05, 4.69) is 15.8 Å². The normalized spacial score (nSPS) is 17.1. The van der Waals surface area contributed by atoms with Crippen molar-refractivity contribution >= 4 is 17.4 Å². The highest BCUT2D eigenvalue weighted by Crippen LogP contribution is 2.18. The number of ether oxygens (including phenoxy) is 1. The smallest absolute Gasteiger partial charge is 0.245 e. The van der Waals surface area contributed by atoms with Gasteiger partial charge in [0.05, 0.1) is 18.7 Å². The van der Waals surface area contributed by atoms with Crippen LogP contribution in [-0.4, -0.2) is 18.3 Å². The maximum Gasteiger partial charge on any atom is 0.245 e. The number of aliphatic imine (C=N–C) groups is 1. The summed E-state index contributed by atoms with van der Waals surface area (Å²) < 4.78 is 5.32. The van der Waals surface area contributed by atoms with E-state index < -0.39 is 0 Å². The summed E-state index contributed by atoms with van der Waals surface area (Å²) in [5.41, 5.74) is 5.98. The van der Waals surface area contributed by atoms with E-state index >= 15 is 0 Å². The van der Waals surface area contributed by atoms with Gasteiger partial charge in [-0.15, -0.1) is 0 Å². The first kappa shape index (κ1) is 10.5. The summed E-state index contributed by atoms with van der Waals surface area (Å²) in [6.45, 7) is 2.59. The Hall–Kier alpha value is -2.04. The van der Waals surface area contributed by atoms with Crippen LogP contribution in [0.1, 0.15) is 13.3 Å². The Morgan fingerprint density at radius 3 is 2.62 bits per heavy atom. The molecule has 1 aliphatic heterocycles. The standard InChI is InChI=1S/C11H13N3O2/c1-2-16-9-5-3-8(4-6-9)12-10-7-11(15)14-13-10/h3-6H,2,7H2,1H3,(H,12,13)(H,14,15). The van der Waals surface area contributed by atoms with Crippen LogP contribution in [0, 0.1) is 0 Å². The Morgan fingerprint density at radius 2 is 2.06 bits per heavy atom. The van der Waals surface area contributed by atoms with Gasteiger partial charge in [0.25, 0.3) is 0 Å². The van der Waals surface area contributed by atoms with E-state index in [1.807, 2.05) is 31.2 Å². The SMILES string of the molecule is CCOc1ccc(N=C2CC(=O)NN2)cc1. The molecular formula is C11H13N3O2. The molecule has 2 N–H and O–H groups in total. The highest BCUT2D eigenvalue weighted by Gasteiger charge is 2.14. The molecule has 0 unspecified atom stereocenters. The molecule has 5 heteroatoms. The largest absolute Gasteiger partial charge is 0.494 e. The van der Waals surface area contributed by atoms with Crippen molar-refractivity contribution in [1.82, 2.24) is 10.9 Å². The average Bonchev–Trinajstić information content (AvgIpc) is 2.67. The van der Waals surface area contributed by atoms with Crippen molar-refractivity contribution in [3.63, 3.8) is 0 Å². The Kier molecular flexibility index (Phi) is 3.05. The molecule has 0 bridgehead atoms. The molecule has 0 aliphatic carbocycles. The van der Waals surface area contributed by atoms with Gasteiger partial charge in [-0.25, -0.2) is 4.99 Å². The molecule has 16 heavy (non-hydrogen) atoms. The maximum atomic E-state index is 10.9. The molecule has 0 radical (unpaired) electrons. The van der Waals surface area contributed by atoms with Crippen molar-refractivity contribution in [2.45, 2.75) is 13.3 Å². The molecule has 1 aliphatic rings. The highest BCUT2D eigenvalue weighted by molar-refractivity contribution is 6.05. The number of hydrogen-bond donors (Lipinski definition) is 2. The van der Waals surface area contributed by atoms with Crippen LogP contribution in [0.4, 0.5) is 5.69 Å². The Bertz CT molecular complexity index is 412. The molecule has 1 fully saturated rings. The average molecular weight is 219 g/mol. The quantitative estimate of drug-likeness (QED) is 0.801. The van der Waals surface area contributed by atoms with Crippen molar-refractivity contribution in [3.8, 4) is 5.75 Å². The van der Waals surface area contributed by atoms with Gasteiger partial charge in [0.2, 0.25) is 5.91 Å². The fourth-order valence-electron chi connectivity index (χ4n) is 1.39. The second kappa shape index (κ2) is 4.65. The molecule has 1 aromatic rings. The fourth-order valence-corrected chi connectivity index (χ4v) is 1.39. The predicted molar refractivity (Wildman–Crippen MR) is 60.6 cm³/mol. The number of carbonyl (C=O) groups excluding carboxylic acids is 1. The number of amides is 1. The van der Waals surface area contributed by atoms with Gasteiger partial charge in [-0.1, -0.05) is 0 Å². The van der Waals surface area contributed by atoms with Crippen LogP contribution in [-0.2, 0) is 4.79 Å². The number of hydrogen-bond acceptors (Lipinski definition) is 3. The fraction of sp³-hybridized carbons (Fsp3) is 0.273. The molecule has 5 nitrogen and oxygen atoms in total. The van der Waals surface area contributed by atoms with E-state index in [4.69, 9.17) is 4.74 Å². The lowest BCUT2D eigenvalue weighted by Crippen LogP contribution is -2.28. The van der Waals surface area contributed by atoms with E-state index in [0.29, 0.717) is 18.9 Å². The Morgan fingerprint density at radius 1 is 1.31 bits per heavy atom. The van der Waals surface area contributed by atoms with Gasteiger partial charge in [0, 0.05) is 0 Å². The minimum absolute atomic E-state index is 0.0651. The summed E-state index contributed by atoms with van der Waals surface area (Å²) in [4.78, 5) is 15.2. The van der Waals surface area contributed by atoms with Crippen LogP contribution in [0.3, 0.4) is 0 Å². The summed E-state index contributed by atoms with van der Waals surface area (Å²) in [5, 5.41) is 0. The highest BCUT2D eigenvalue weighted by atomic mass is 16.5. The molecule has 0 atom stereocenters. The number of amidine groups is 1. The molecule has 1 aromatic carbocycles. The summed E-state index contributed by atoms with van der Waals surface area (Å²) >= 11 is 0. The maximum absolute atomic E-state index is 10.9. The van der Waals surface area contributed by atoms with Crippen LogP contribution in [0.5, 0.6) is 5.75 Å². The number of benzene rings is 1. The Labute approximate surface area is 93.5 Å². The van der Waals surface area contributed by atoms with Gasteiger partial charge < -0.3 is 4.74 Å². The predicted octanol–water partition coefficient (Wildman–Crippen LogP) is 1.14. The third-order valence-corrected chi connectivity index (χ3v) is 2.09. The van der Waals surface area contributed by atoms with Gasteiger partial charge in [-0.05, 0) is 31.2 Å². The molecule has 1 heterocycles. The third kappa shape index (κ3) is 2.50. The molecular weight excluding hydrogens is 206 g/mol. The van der Waals surface area contributed by atoms with E-state index in [0.717, 1.165) is 11.4 Å². The molecule has 1 amide bonds. The van der Waals surface area contributed by atoms with E-state index in [-0.39, 0.29) is 5.91 Å². The minimum atomic E-state index is -0.0651. The summed E-state index contributed by atoms with van der Waals surface area (Å²) in [6.07, 6.45) is 0.299. The van der Waals surface area contributed by atoms with Crippen molar-refractivity contribution in [2.24, 2.45) is 4.99 Å². The number of hydrazine groups is 1. The molecule has 2 rings (SSSR count). The number of rotatable bonds is 3. The molecule has 84 valence electrons. The lowest BCUT2D eigenvalue weighted by atomic mass is 10.3. The first-order valence-electron chi connectivity index (χ1n) is 5.13. The van der Waals surface area contributed by atoms with Gasteiger partial charge in [-0.2, -0.15) is 0 Å². The monoisotopic (exact) mass is 219 g/mol. The summed E-state index contributed by atoms with van der Waals surface area (Å²) in [7, 11) is 0. The number of nitrogens with one attached hydrogen (secondary N) is 2. The molecule has 1 saturated heterocycles. The van der Waals surface area contributed by atoms with E-state index in [9.17, 15) is 4.79 Å². The van der Waals surface area contributed by atoms with Crippen LogP contribution < -0.4 is 15.6 Å². The van der Waals surface area contributed by atoms with Gasteiger partial charge >= 0.3 is 0 Å². The first-order valence-corrected chi connectivity index (χ1v) is 5.13. The molecule has 0 aromatic heterocycles. The zero-order valence-electron chi connectivity index (χ0n) is 8.99. The van der Waals surface area contributed by atoms with Crippen LogP contribution in [0.25, 0.3) is 0 Å². The second-order valence-electron chi connectivity index (χ2n) is 3.34. The van der Waals surface area contributed by atoms with Crippen LogP contribution in [0.2, 0.25) is 0 Å². The van der Waals surface area contributed by atoms with Crippen molar-refractivity contribution < 1.29 is 9.53 Å². The minimum Gasteiger partial charge on any atom is -0.494 e. The number of nitrogens with zero attached hydrogens (tertiary/aromatic N) is 1. The summed E-state index contributed by atoms with van der Waals surface area (Å²) in [6, 6.07) is 7.41. The lowest BCUT2D eigenvalue weighted by molar-refractivity contribution is -0.119. The van der Waals surface area contributed by atoms with Crippen molar-refractivity contribution in [1.29, 1.82) is 0 Å². The van der Waals surface area contributed by atoms with E-state index in [1.54, 1.807) is 0 Å².